The summed E-state index contributed by atoms with van der Waals surface area (Å²) >= 11 is 0. The molecule has 5 nitrogen and oxygen atoms in total. The van der Waals surface area contributed by atoms with Gasteiger partial charge < -0.3 is 14.8 Å². The molecule has 0 aromatic heterocycles. The van der Waals surface area contributed by atoms with Gasteiger partial charge in [0, 0.05) is 5.69 Å². The summed E-state index contributed by atoms with van der Waals surface area (Å²) in [6.45, 7) is 5.12. The Bertz CT molecular complexity index is 902. The number of carbonyl (C=O) groups is 1. The van der Waals surface area contributed by atoms with Gasteiger partial charge >= 0.3 is 0 Å². The topological polar surface area (TPSA) is 71.3 Å². The Kier molecular flexibility index (Phi) is 9.39. The lowest BCUT2D eigenvalue weighted by molar-refractivity contribution is -0.112. The van der Waals surface area contributed by atoms with E-state index >= 15 is 0 Å². The summed E-state index contributed by atoms with van der Waals surface area (Å²) in [7, 11) is 0. The number of amides is 1. The third kappa shape index (κ3) is 7.25. The van der Waals surface area contributed by atoms with E-state index < -0.39 is 11.7 Å². The maximum Gasteiger partial charge on any atom is 0.266 e. The molecule has 0 saturated heterocycles. The number of unbranched alkanes of at least 4 members (excludes halogenated alkanes) is 3. The smallest absolute Gasteiger partial charge is 0.266 e. The van der Waals surface area contributed by atoms with Gasteiger partial charge in [0.15, 0.2) is 11.5 Å². The zero-order valence-electron chi connectivity index (χ0n) is 17.4. The fourth-order valence-electron chi connectivity index (χ4n) is 2.76. The Morgan fingerprint density at radius 3 is 2.50 bits per heavy atom. The molecule has 0 atom stereocenters. The lowest BCUT2D eigenvalue weighted by Crippen LogP contribution is -2.13. The number of nitrogens with zero attached hydrogens (tertiary/aromatic N) is 1. The van der Waals surface area contributed by atoms with Crippen molar-refractivity contribution in [3.8, 4) is 17.6 Å². The highest BCUT2D eigenvalue weighted by molar-refractivity contribution is 6.09. The molecule has 0 radical (unpaired) electrons. The summed E-state index contributed by atoms with van der Waals surface area (Å²) in [5.41, 5.74) is 0.974. The molecule has 0 saturated carbocycles. The third-order valence-electron chi connectivity index (χ3n) is 4.30. The number of nitriles is 1. The van der Waals surface area contributed by atoms with Gasteiger partial charge in [-0.25, -0.2) is 4.39 Å². The zero-order valence-corrected chi connectivity index (χ0v) is 17.4. The van der Waals surface area contributed by atoms with E-state index in [-0.39, 0.29) is 5.57 Å². The van der Waals surface area contributed by atoms with Crippen LogP contribution in [0, 0.1) is 17.1 Å². The van der Waals surface area contributed by atoms with E-state index in [2.05, 4.69) is 12.2 Å². The van der Waals surface area contributed by atoms with E-state index in [4.69, 9.17) is 9.47 Å². The molecule has 1 amide bonds. The van der Waals surface area contributed by atoms with E-state index in [0.717, 1.165) is 12.8 Å². The molecule has 0 aliphatic rings. The molecular formula is C24H27FN2O3. The summed E-state index contributed by atoms with van der Waals surface area (Å²) < 4.78 is 24.5. The maximum atomic E-state index is 13.0. The van der Waals surface area contributed by atoms with E-state index in [9.17, 15) is 14.4 Å². The first-order chi connectivity index (χ1) is 14.6. The minimum atomic E-state index is -0.571. The normalized spacial score (nSPS) is 10.9. The highest BCUT2D eigenvalue weighted by Gasteiger charge is 2.11. The Balaban J connectivity index is 2.12. The molecule has 2 aromatic carbocycles. The summed E-state index contributed by atoms with van der Waals surface area (Å²) in [6, 6.07) is 12.5. The first-order valence-corrected chi connectivity index (χ1v) is 10.2. The van der Waals surface area contributed by atoms with Crippen LogP contribution in [0.3, 0.4) is 0 Å². The average molecular weight is 410 g/mol. The zero-order chi connectivity index (χ0) is 21.8. The SMILES string of the molecule is CCCCCCOc1ccc(/C=C(\C#N)C(=O)Nc2ccc(F)cc2)cc1OCC. The van der Waals surface area contributed by atoms with Crippen molar-refractivity contribution in [2.45, 2.75) is 39.5 Å². The average Bonchev–Trinajstić information content (AvgIpc) is 2.75. The first kappa shape index (κ1) is 23.0. The van der Waals surface area contributed by atoms with Gasteiger partial charge in [-0.1, -0.05) is 32.3 Å². The van der Waals surface area contributed by atoms with Gasteiger partial charge in [-0.15, -0.1) is 0 Å². The summed E-state index contributed by atoms with van der Waals surface area (Å²) in [5.74, 6) is 0.233. The van der Waals surface area contributed by atoms with Gasteiger partial charge in [0.1, 0.15) is 17.5 Å². The summed E-state index contributed by atoms with van der Waals surface area (Å²) in [6.07, 6.45) is 5.93. The predicted octanol–water partition coefficient (Wildman–Crippen LogP) is 5.73. The third-order valence-corrected chi connectivity index (χ3v) is 4.30. The lowest BCUT2D eigenvalue weighted by Gasteiger charge is -2.13. The van der Waals surface area contributed by atoms with Crippen LogP contribution < -0.4 is 14.8 Å². The second-order valence-electron chi connectivity index (χ2n) is 6.68. The van der Waals surface area contributed by atoms with Gasteiger partial charge in [0.05, 0.1) is 13.2 Å². The molecular weight excluding hydrogens is 383 g/mol. The summed E-state index contributed by atoms with van der Waals surface area (Å²) in [5, 5.41) is 12.0. The number of carbonyl (C=O) groups excluding carboxylic acids is 1. The van der Waals surface area contributed by atoms with Gasteiger partial charge in [0.2, 0.25) is 0 Å². The highest BCUT2D eigenvalue weighted by Crippen LogP contribution is 2.29. The van der Waals surface area contributed by atoms with E-state index in [1.807, 2.05) is 13.0 Å². The minimum Gasteiger partial charge on any atom is -0.490 e. The number of halogens is 1. The highest BCUT2D eigenvalue weighted by atomic mass is 19.1. The number of rotatable bonds is 11. The van der Waals surface area contributed by atoms with Crippen molar-refractivity contribution in [2.24, 2.45) is 0 Å². The Morgan fingerprint density at radius 2 is 1.83 bits per heavy atom. The maximum absolute atomic E-state index is 13.0. The monoisotopic (exact) mass is 410 g/mol. The molecule has 6 heteroatoms. The van der Waals surface area contributed by atoms with Crippen molar-refractivity contribution in [1.29, 1.82) is 5.26 Å². The fourth-order valence-corrected chi connectivity index (χ4v) is 2.76. The van der Waals surface area contributed by atoms with E-state index in [1.54, 1.807) is 18.2 Å². The van der Waals surface area contributed by atoms with Crippen LogP contribution in [0.4, 0.5) is 10.1 Å². The second-order valence-corrected chi connectivity index (χ2v) is 6.68. The molecule has 2 aromatic rings. The van der Waals surface area contributed by atoms with E-state index in [1.165, 1.54) is 43.2 Å². The quantitative estimate of drug-likeness (QED) is 0.292. The molecule has 1 N–H and O–H groups in total. The minimum absolute atomic E-state index is 0.0741. The van der Waals surface area contributed by atoms with Crippen LogP contribution in [-0.2, 0) is 4.79 Å². The van der Waals surface area contributed by atoms with Crippen LogP contribution in [-0.4, -0.2) is 19.1 Å². The molecule has 0 unspecified atom stereocenters. The largest absolute Gasteiger partial charge is 0.490 e. The molecule has 0 fully saturated rings. The fraction of sp³-hybridized carbons (Fsp3) is 0.333. The molecule has 30 heavy (non-hydrogen) atoms. The van der Waals surface area contributed by atoms with Crippen LogP contribution >= 0.6 is 0 Å². The molecule has 0 aliphatic heterocycles. The van der Waals surface area contributed by atoms with Crippen molar-refractivity contribution in [2.75, 3.05) is 18.5 Å². The van der Waals surface area contributed by atoms with Crippen LogP contribution in [0.1, 0.15) is 45.1 Å². The van der Waals surface area contributed by atoms with E-state index in [0.29, 0.717) is 36.0 Å². The van der Waals surface area contributed by atoms with Crippen molar-refractivity contribution in [3.63, 3.8) is 0 Å². The Morgan fingerprint density at radius 1 is 1.07 bits per heavy atom. The van der Waals surface area contributed by atoms with Crippen molar-refractivity contribution < 1.29 is 18.7 Å². The predicted molar refractivity (Wildman–Crippen MR) is 116 cm³/mol. The summed E-state index contributed by atoms with van der Waals surface area (Å²) in [4.78, 5) is 12.4. The van der Waals surface area contributed by atoms with Crippen LogP contribution in [0.2, 0.25) is 0 Å². The number of benzene rings is 2. The van der Waals surface area contributed by atoms with Gasteiger partial charge in [-0.05, 0) is 61.4 Å². The van der Waals surface area contributed by atoms with Crippen molar-refractivity contribution in [3.05, 3.63) is 59.4 Å². The Labute approximate surface area is 177 Å². The number of nitrogens with one attached hydrogen (secondary N) is 1. The molecule has 0 aliphatic carbocycles. The van der Waals surface area contributed by atoms with Crippen molar-refractivity contribution >= 4 is 17.7 Å². The molecule has 0 heterocycles. The standard InChI is InChI=1S/C24H27FN2O3/c1-3-5-6-7-14-30-22-13-8-18(16-23(22)29-4-2)15-19(17-26)24(28)27-21-11-9-20(25)10-12-21/h8-13,15-16H,3-7,14H2,1-2H3,(H,27,28)/b19-15+. The van der Waals surface area contributed by atoms with Gasteiger partial charge in [-0.2, -0.15) is 5.26 Å². The number of hydrogen-bond acceptors (Lipinski definition) is 4. The van der Waals surface area contributed by atoms with Crippen molar-refractivity contribution in [1.82, 2.24) is 0 Å². The Hall–Kier alpha value is -3.33. The van der Waals surface area contributed by atoms with Gasteiger partial charge in [0.25, 0.3) is 5.91 Å². The van der Waals surface area contributed by atoms with Crippen LogP contribution in [0.25, 0.3) is 6.08 Å². The van der Waals surface area contributed by atoms with Gasteiger partial charge in [-0.3, -0.25) is 4.79 Å². The lowest BCUT2D eigenvalue weighted by atomic mass is 10.1. The first-order valence-electron chi connectivity index (χ1n) is 10.2. The van der Waals surface area contributed by atoms with Crippen LogP contribution in [0.5, 0.6) is 11.5 Å². The number of hydrogen-bond donors (Lipinski definition) is 1. The molecule has 158 valence electrons. The second kappa shape index (κ2) is 12.3. The molecule has 0 bridgehead atoms. The molecule has 2 rings (SSSR count). The number of ether oxygens (including phenoxy) is 2. The molecule has 0 spiro atoms. The number of anilines is 1. The van der Waals surface area contributed by atoms with Crippen LogP contribution in [0.15, 0.2) is 48.0 Å².